The lowest BCUT2D eigenvalue weighted by molar-refractivity contribution is 0.409. The van der Waals surface area contributed by atoms with Crippen LogP contribution in [0.4, 0.5) is 0 Å². The molecule has 21 heavy (non-hydrogen) atoms. The Hall–Kier alpha value is -0.0500. The number of halogens is 1. The Morgan fingerprint density at radius 3 is 2.48 bits per heavy atom. The van der Waals surface area contributed by atoms with Crippen LogP contribution in [0.15, 0.2) is 4.99 Å². The molecule has 2 fully saturated rings. The average molecular weight is 429 g/mol. The molecule has 1 unspecified atom stereocenters. The average Bonchev–Trinajstić information content (AvgIpc) is 2.77. The Kier molecular flexibility index (Phi) is 8.30. The van der Waals surface area contributed by atoms with Crippen molar-refractivity contribution in [2.24, 2.45) is 10.9 Å². The van der Waals surface area contributed by atoms with Crippen LogP contribution in [0, 0.1) is 5.92 Å². The molecular formula is C14H28IN3O2S. The summed E-state index contributed by atoms with van der Waals surface area (Å²) >= 11 is 0. The van der Waals surface area contributed by atoms with Gasteiger partial charge < -0.3 is 10.6 Å². The summed E-state index contributed by atoms with van der Waals surface area (Å²) < 4.78 is 22.9. The van der Waals surface area contributed by atoms with E-state index < -0.39 is 9.84 Å². The van der Waals surface area contributed by atoms with Gasteiger partial charge in [0.25, 0.3) is 0 Å². The van der Waals surface area contributed by atoms with Gasteiger partial charge >= 0.3 is 0 Å². The van der Waals surface area contributed by atoms with Gasteiger partial charge in [-0.2, -0.15) is 0 Å². The third kappa shape index (κ3) is 6.71. The fourth-order valence-corrected chi connectivity index (χ4v) is 4.85. The molecule has 0 radical (unpaired) electrons. The molecular weight excluding hydrogens is 401 g/mol. The Bertz CT molecular complexity index is 434. The summed E-state index contributed by atoms with van der Waals surface area (Å²) in [6.07, 6.45) is 7.10. The quantitative estimate of drug-likeness (QED) is 0.407. The van der Waals surface area contributed by atoms with E-state index in [0.29, 0.717) is 24.1 Å². The number of sulfone groups is 1. The summed E-state index contributed by atoms with van der Waals surface area (Å²) in [6.45, 7) is 3.50. The van der Waals surface area contributed by atoms with Gasteiger partial charge in [0.05, 0.1) is 11.5 Å². The lowest BCUT2D eigenvalue weighted by atomic mass is 9.96. The van der Waals surface area contributed by atoms with Crippen molar-refractivity contribution in [3.05, 3.63) is 0 Å². The molecule has 0 bridgehead atoms. The predicted octanol–water partition coefficient (Wildman–Crippen LogP) is 1.93. The zero-order chi connectivity index (χ0) is 14.4. The van der Waals surface area contributed by atoms with Crippen molar-refractivity contribution in [3.63, 3.8) is 0 Å². The van der Waals surface area contributed by atoms with Crippen LogP contribution in [0.25, 0.3) is 0 Å². The van der Waals surface area contributed by atoms with Gasteiger partial charge in [-0.15, -0.1) is 24.0 Å². The molecule has 1 aliphatic heterocycles. The molecule has 1 saturated heterocycles. The van der Waals surface area contributed by atoms with Crippen molar-refractivity contribution in [1.82, 2.24) is 10.6 Å². The number of hydrogen-bond donors (Lipinski definition) is 2. The van der Waals surface area contributed by atoms with Crippen molar-refractivity contribution in [2.75, 3.05) is 24.6 Å². The van der Waals surface area contributed by atoms with Crippen molar-refractivity contribution in [2.45, 2.75) is 51.5 Å². The van der Waals surface area contributed by atoms with Crippen LogP contribution in [0.1, 0.15) is 45.4 Å². The first-order chi connectivity index (χ1) is 9.59. The highest BCUT2D eigenvalue weighted by atomic mass is 127. The summed E-state index contributed by atoms with van der Waals surface area (Å²) in [5, 5.41) is 6.76. The Morgan fingerprint density at radius 1 is 1.19 bits per heavy atom. The topological polar surface area (TPSA) is 70.6 Å². The largest absolute Gasteiger partial charge is 0.357 e. The lowest BCUT2D eigenvalue weighted by Gasteiger charge is -2.25. The molecule has 0 spiro atoms. The number of aliphatic imine (C=N–C) groups is 1. The maximum Gasteiger partial charge on any atom is 0.191 e. The van der Waals surface area contributed by atoms with E-state index in [4.69, 9.17) is 0 Å². The molecule has 2 N–H and O–H groups in total. The molecule has 1 heterocycles. The van der Waals surface area contributed by atoms with E-state index in [1.807, 2.05) is 0 Å². The van der Waals surface area contributed by atoms with E-state index >= 15 is 0 Å². The number of hydrogen-bond acceptors (Lipinski definition) is 3. The van der Waals surface area contributed by atoms with Gasteiger partial charge in [0, 0.05) is 19.1 Å². The van der Waals surface area contributed by atoms with E-state index in [9.17, 15) is 8.42 Å². The molecule has 0 aromatic carbocycles. The molecule has 2 rings (SSSR count). The fraction of sp³-hybridized carbons (Fsp3) is 0.929. The fourth-order valence-electron chi connectivity index (χ4n) is 3.00. The monoisotopic (exact) mass is 429 g/mol. The Balaban J connectivity index is 0.00000220. The van der Waals surface area contributed by atoms with Gasteiger partial charge in [0.2, 0.25) is 0 Å². The third-order valence-corrected chi connectivity index (χ3v) is 5.96. The molecule has 0 aromatic heterocycles. The van der Waals surface area contributed by atoms with Crippen LogP contribution in [0.3, 0.4) is 0 Å². The highest BCUT2D eigenvalue weighted by molar-refractivity contribution is 14.0. The Labute approximate surface area is 145 Å². The smallest absolute Gasteiger partial charge is 0.191 e. The third-order valence-electron chi connectivity index (χ3n) is 4.12. The summed E-state index contributed by atoms with van der Waals surface area (Å²) in [7, 11) is -2.79. The first-order valence-corrected chi connectivity index (χ1v) is 9.66. The second kappa shape index (κ2) is 9.17. The number of nitrogens with zero attached hydrogens (tertiary/aromatic N) is 1. The van der Waals surface area contributed by atoms with Crippen LogP contribution in [-0.4, -0.2) is 45.0 Å². The second-order valence-electron chi connectivity index (χ2n) is 5.97. The minimum Gasteiger partial charge on any atom is -0.357 e. The standard InChI is InChI=1S/C14H27N3O2S.HI/c1-2-15-14(17-13-6-4-3-5-7-13)16-10-12-8-9-20(18,19)11-12;/h12-13H,2-11H2,1H3,(H2,15,16,17);1H. The van der Waals surface area contributed by atoms with Crippen LogP contribution in [0.5, 0.6) is 0 Å². The van der Waals surface area contributed by atoms with E-state index in [1.165, 1.54) is 32.1 Å². The molecule has 1 atom stereocenters. The SMILES string of the molecule is CCNC(=NCC1CCS(=O)(=O)C1)NC1CCCCC1.I. The first kappa shape index (κ1) is 19.0. The van der Waals surface area contributed by atoms with Crippen molar-refractivity contribution in [3.8, 4) is 0 Å². The van der Waals surface area contributed by atoms with Gasteiger partial charge in [-0.05, 0) is 32.1 Å². The molecule has 1 saturated carbocycles. The minimum absolute atomic E-state index is 0. The minimum atomic E-state index is -2.79. The van der Waals surface area contributed by atoms with E-state index in [1.54, 1.807) is 0 Å². The zero-order valence-electron chi connectivity index (χ0n) is 12.8. The molecule has 0 aromatic rings. The first-order valence-electron chi connectivity index (χ1n) is 7.84. The zero-order valence-corrected chi connectivity index (χ0v) is 16.0. The summed E-state index contributed by atoms with van der Waals surface area (Å²) in [4.78, 5) is 4.59. The predicted molar refractivity (Wildman–Crippen MR) is 98.2 cm³/mol. The van der Waals surface area contributed by atoms with Crippen molar-refractivity contribution >= 4 is 39.8 Å². The van der Waals surface area contributed by atoms with Gasteiger partial charge in [-0.25, -0.2) is 8.42 Å². The molecule has 0 amide bonds. The molecule has 1 aliphatic carbocycles. The van der Waals surface area contributed by atoms with Crippen LogP contribution < -0.4 is 10.6 Å². The van der Waals surface area contributed by atoms with Crippen molar-refractivity contribution < 1.29 is 8.42 Å². The van der Waals surface area contributed by atoms with E-state index in [-0.39, 0.29) is 29.9 Å². The molecule has 5 nitrogen and oxygen atoms in total. The maximum absolute atomic E-state index is 11.4. The van der Waals surface area contributed by atoms with E-state index in [0.717, 1.165) is 18.9 Å². The van der Waals surface area contributed by atoms with Gasteiger partial charge in [0.1, 0.15) is 0 Å². The molecule has 2 aliphatic rings. The highest BCUT2D eigenvalue weighted by Gasteiger charge is 2.27. The van der Waals surface area contributed by atoms with Crippen LogP contribution >= 0.6 is 24.0 Å². The summed E-state index contributed by atoms with van der Waals surface area (Å²) in [6, 6.07) is 0.522. The maximum atomic E-state index is 11.4. The Morgan fingerprint density at radius 2 is 1.90 bits per heavy atom. The number of guanidine groups is 1. The van der Waals surface area contributed by atoms with Crippen LogP contribution in [-0.2, 0) is 9.84 Å². The second-order valence-corrected chi connectivity index (χ2v) is 8.20. The normalized spacial score (nSPS) is 26.1. The van der Waals surface area contributed by atoms with Gasteiger partial charge in [-0.3, -0.25) is 4.99 Å². The van der Waals surface area contributed by atoms with Crippen molar-refractivity contribution in [1.29, 1.82) is 0 Å². The van der Waals surface area contributed by atoms with Crippen LogP contribution in [0.2, 0.25) is 0 Å². The molecule has 124 valence electrons. The lowest BCUT2D eigenvalue weighted by Crippen LogP contribution is -2.44. The van der Waals surface area contributed by atoms with E-state index in [2.05, 4.69) is 22.5 Å². The number of nitrogens with one attached hydrogen (secondary N) is 2. The number of rotatable bonds is 4. The van der Waals surface area contributed by atoms with Gasteiger partial charge in [0.15, 0.2) is 15.8 Å². The summed E-state index contributed by atoms with van der Waals surface area (Å²) in [5.41, 5.74) is 0. The molecule has 7 heteroatoms. The van der Waals surface area contributed by atoms with Gasteiger partial charge in [-0.1, -0.05) is 19.3 Å². The summed E-state index contributed by atoms with van der Waals surface area (Å²) in [5.74, 6) is 1.68. The highest BCUT2D eigenvalue weighted by Crippen LogP contribution is 2.19.